The van der Waals surface area contributed by atoms with E-state index in [4.69, 9.17) is 18.9 Å². The first kappa shape index (κ1) is 20.6. The van der Waals surface area contributed by atoms with Crippen LogP contribution in [0.2, 0.25) is 0 Å². The Bertz CT molecular complexity index is 1280. The molecule has 1 saturated heterocycles. The molecule has 5 rings (SSSR count). The molecule has 1 fully saturated rings. The van der Waals surface area contributed by atoms with Crippen LogP contribution in [-0.4, -0.2) is 50.8 Å². The first-order valence-electron chi connectivity index (χ1n) is 10.2. The minimum absolute atomic E-state index is 0.0286. The summed E-state index contributed by atoms with van der Waals surface area (Å²) in [5, 5.41) is 17.0. The van der Waals surface area contributed by atoms with Gasteiger partial charge in [-0.2, -0.15) is 4.98 Å². The molecule has 10 heteroatoms. The molecule has 0 unspecified atom stereocenters. The summed E-state index contributed by atoms with van der Waals surface area (Å²) < 4.78 is 15.8. The van der Waals surface area contributed by atoms with E-state index in [1.165, 1.54) is 0 Å². The Hall–Kier alpha value is -4.31. The fourth-order valence-electron chi connectivity index (χ4n) is 3.66. The lowest BCUT2D eigenvalue weighted by Crippen LogP contribution is -2.49. The molecule has 2 aromatic carbocycles. The second-order valence-corrected chi connectivity index (χ2v) is 7.62. The number of aromatic nitrogens is 3. The van der Waals surface area contributed by atoms with E-state index >= 15 is 0 Å². The number of hydrogen-bond donors (Lipinski definition) is 1. The van der Waals surface area contributed by atoms with Crippen LogP contribution in [0.15, 0.2) is 63.6 Å². The Labute approximate surface area is 187 Å². The lowest BCUT2D eigenvalue weighted by molar-refractivity contribution is -0.147. The highest BCUT2D eigenvalue weighted by atomic mass is 16.6. The van der Waals surface area contributed by atoms with E-state index in [-0.39, 0.29) is 29.8 Å². The zero-order chi connectivity index (χ0) is 22.8. The van der Waals surface area contributed by atoms with Crippen LogP contribution in [0, 0.1) is 5.92 Å². The summed E-state index contributed by atoms with van der Waals surface area (Å²) in [5.41, 5.74) is 2.83. The van der Waals surface area contributed by atoms with Crippen molar-refractivity contribution in [1.82, 2.24) is 20.2 Å². The van der Waals surface area contributed by atoms with Crippen LogP contribution in [0.3, 0.4) is 0 Å². The Morgan fingerprint density at radius 3 is 2.52 bits per heavy atom. The van der Waals surface area contributed by atoms with Crippen LogP contribution in [-0.2, 0) is 16.1 Å². The molecule has 10 nitrogen and oxygen atoms in total. The lowest BCUT2D eigenvalue weighted by atomic mass is 9.99. The number of carboxylic acids is 1. The summed E-state index contributed by atoms with van der Waals surface area (Å²) >= 11 is 0. The molecule has 0 bridgehead atoms. The van der Waals surface area contributed by atoms with Gasteiger partial charge in [0.2, 0.25) is 11.6 Å². The predicted octanol–water partition coefficient (Wildman–Crippen LogP) is 3.11. The average Bonchev–Trinajstić information content (AvgIpc) is 3.44. The fourth-order valence-corrected chi connectivity index (χ4v) is 3.66. The Kier molecular flexibility index (Phi) is 5.41. The zero-order valence-electron chi connectivity index (χ0n) is 17.2. The van der Waals surface area contributed by atoms with E-state index in [0.29, 0.717) is 36.7 Å². The molecule has 0 aliphatic carbocycles. The van der Waals surface area contributed by atoms with Crippen molar-refractivity contribution in [2.45, 2.75) is 6.54 Å². The molecule has 0 spiro atoms. The molecule has 2 aromatic heterocycles. The van der Waals surface area contributed by atoms with E-state index in [1.54, 1.807) is 0 Å². The van der Waals surface area contributed by atoms with Gasteiger partial charge in [-0.3, -0.25) is 14.5 Å². The summed E-state index contributed by atoms with van der Waals surface area (Å²) in [7, 11) is 0. The summed E-state index contributed by atoms with van der Waals surface area (Å²) in [5.74, 6) is -0.521. The number of likely N-dealkylation sites (tertiary alicyclic amines) is 1. The third kappa shape index (κ3) is 4.11. The summed E-state index contributed by atoms with van der Waals surface area (Å²) in [6.07, 6.45) is 0. The van der Waals surface area contributed by atoms with E-state index in [1.807, 2.05) is 54.6 Å². The van der Waals surface area contributed by atoms with E-state index in [2.05, 4.69) is 20.2 Å². The van der Waals surface area contributed by atoms with E-state index in [0.717, 1.165) is 11.1 Å². The molecular weight excluding hydrogens is 428 g/mol. The van der Waals surface area contributed by atoms with Gasteiger partial charge in [-0.15, -0.1) is 0 Å². The molecule has 1 aliphatic heterocycles. The van der Waals surface area contributed by atoms with Crippen molar-refractivity contribution < 1.29 is 28.5 Å². The highest BCUT2D eigenvalue weighted by molar-refractivity contribution is 5.76. The maximum Gasteiger partial charge on any atom is 0.309 e. The molecular formula is C23H18N4O6. The molecule has 4 aromatic rings. The van der Waals surface area contributed by atoms with Crippen LogP contribution in [0.25, 0.3) is 34.3 Å². The quantitative estimate of drug-likeness (QED) is 0.403. The van der Waals surface area contributed by atoms with Crippen molar-refractivity contribution in [2.75, 3.05) is 13.1 Å². The summed E-state index contributed by atoms with van der Waals surface area (Å²) in [4.78, 5) is 28.4. The molecule has 3 heterocycles. The van der Waals surface area contributed by atoms with Crippen LogP contribution >= 0.6 is 0 Å². The SMILES string of the molecule is O=COc1c(-c2ccccc2)noc1-c1nc(-c2ccc(CN3CC(C(=O)O)C3)cc2)no1. The highest BCUT2D eigenvalue weighted by Gasteiger charge is 2.32. The first-order valence-corrected chi connectivity index (χ1v) is 10.2. The maximum atomic E-state index is 11.1. The molecule has 1 aliphatic rings. The molecule has 0 radical (unpaired) electrons. The monoisotopic (exact) mass is 446 g/mol. The van der Waals surface area contributed by atoms with Crippen LogP contribution in [0.1, 0.15) is 5.56 Å². The third-order valence-electron chi connectivity index (χ3n) is 5.41. The zero-order valence-corrected chi connectivity index (χ0v) is 17.2. The number of carbonyl (C=O) groups excluding carboxylic acids is 1. The van der Waals surface area contributed by atoms with Gasteiger partial charge in [0, 0.05) is 30.8 Å². The second-order valence-electron chi connectivity index (χ2n) is 7.62. The number of nitrogens with zero attached hydrogens (tertiary/aromatic N) is 4. The van der Waals surface area contributed by atoms with Crippen molar-refractivity contribution in [3.8, 4) is 40.0 Å². The first-order chi connectivity index (χ1) is 16.1. The molecule has 33 heavy (non-hydrogen) atoms. The number of ether oxygens (including phenoxy) is 1. The maximum absolute atomic E-state index is 11.1. The largest absolute Gasteiger partial charge is 0.481 e. The summed E-state index contributed by atoms with van der Waals surface area (Å²) in [6, 6.07) is 16.7. The number of benzene rings is 2. The number of aliphatic carboxylic acids is 1. The topological polar surface area (TPSA) is 132 Å². The molecule has 166 valence electrons. The Balaban J connectivity index is 1.34. The number of hydrogen-bond acceptors (Lipinski definition) is 9. The lowest BCUT2D eigenvalue weighted by Gasteiger charge is -2.36. The smallest absolute Gasteiger partial charge is 0.309 e. The molecule has 1 N–H and O–H groups in total. The predicted molar refractivity (Wildman–Crippen MR) is 114 cm³/mol. The van der Waals surface area contributed by atoms with Crippen molar-refractivity contribution in [3.63, 3.8) is 0 Å². The van der Waals surface area contributed by atoms with Gasteiger partial charge >= 0.3 is 11.9 Å². The van der Waals surface area contributed by atoms with Crippen molar-refractivity contribution in [1.29, 1.82) is 0 Å². The van der Waals surface area contributed by atoms with Crippen molar-refractivity contribution >= 4 is 12.4 Å². The van der Waals surface area contributed by atoms with Gasteiger partial charge in [0.1, 0.15) is 0 Å². The van der Waals surface area contributed by atoms with Gasteiger partial charge < -0.3 is 18.9 Å². The standard InChI is InChI=1S/C23H18N4O6/c28-13-31-19-18(15-4-2-1-3-5-15)25-32-20(19)22-24-21(26-33-22)16-8-6-14(7-9-16)10-27-11-17(12-27)23(29)30/h1-9,13,17H,10-12H2,(H,29,30). The molecule has 0 atom stereocenters. The van der Waals surface area contributed by atoms with E-state index < -0.39 is 5.97 Å². The van der Waals surface area contributed by atoms with Crippen LogP contribution < -0.4 is 4.74 Å². The normalized spacial score (nSPS) is 14.1. The van der Waals surface area contributed by atoms with Gasteiger partial charge in [0.15, 0.2) is 5.69 Å². The summed E-state index contributed by atoms with van der Waals surface area (Å²) in [6.45, 7) is 2.07. The van der Waals surface area contributed by atoms with Gasteiger partial charge in [-0.05, 0) is 5.56 Å². The Morgan fingerprint density at radius 1 is 1.06 bits per heavy atom. The second kappa shape index (κ2) is 8.67. The van der Waals surface area contributed by atoms with Crippen molar-refractivity contribution in [2.24, 2.45) is 5.92 Å². The van der Waals surface area contributed by atoms with Gasteiger partial charge in [0.25, 0.3) is 12.2 Å². The Morgan fingerprint density at radius 2 is 1.82 bits per heavy atom. The third-order valence-corrected chi connectivity index (χ3v) is 5.41. The van der Waals surface area contributed by atoms with Gasteiger partial charge in [0.05, 0.1) is 5.92 Å². The number of carbonyl (C=O) groups is 2. The molecule has 0 saturated carbocycles. The number of carboxylic acid groups (broad SMARTS) is 1. The van der Waals surface area contributed by atoms with Crippen LogP contribution in [0.5, 0.6) is 5.75 Å². The minimum Gasteiger partial charge on any atom is -0.481 e. The minimum atomic E-state index is -0.751. The highest BCUT2D eigenvalue weighted by Crippen LogP contribution is 2.38. The van der Waals surface area contributed by atoms with E-state index in [9.17, 15) is 9.59 Å². The molecule has 0 amide bonds. The number of rotatable bonds is 8. The average molecular weight is 446 g/mol. The van der Waals surface area contributed by atoms with Gasteiger partial charge in [-0.25, -0.2) is 0 Å². The van der Waals surface area contributed by atoms with Crippen LogP contribution in [0.4, 0.5) is 0 Å². The van der Waals surface area contributed by atoms with Crippen molar-refractivity contribution in [3.05, 3.63) is 60.2 Å². The van der Waals surface area contributed by atoms with Gasteiger partial charge in [-0.1, -0.05) is 64.9 Å². The fraction of sp³-hybridized carbons (Fsp3) is 0.174.